The van der Waals surface area contributed by atoms with Crippen LogP contribution < -0.4 is 10.2 Å². The van der Waals surface area contributed by atoms with Crippen LogP contribution in [0.5, 0.6) is 0 Å². The van der Waals surface area contributed by atoms with Crippen molar-refractivity contribution < 1.29 is 4.79 Å². The maximum absolute atomic E-state index is 12.3. The number of anilines is 2. The summed E-state index contributed by atoms with van der Waals surface area (Å²) in [6.45, 7) is 4.25. The van der Waals surface area contributed by atoms with Crippen molar-refractivity contribution in [1.29, 1.82) is 0 Å². The molecule has 2 N–H and O–H groups in total. The van der Waals surface area contributed by atoms with Gasteiger partial charge in [0.15, 0.2) is 5.69 Å². The summed E-state index contributed by atoms with van der Waals surface area (Å²) in [6, 6.07) is 9.92. The van der Waals surface area contributed by atoms with Gasteiger partial charge in [-0.3, -0.25) is 9.89 Å². The highest BCUT2D eigenvalue weighted by molar-refractivity contribution is 6.03. The van der Waals surface area contributed by atoms with Crippen LogP contribution in [0.3, 0.4) is 0 Å². The smallest absolute Gasteiger partial charge is 0.276 e. The number of aromatic nitrogens is 2. The van der Waals surface area contributed by atoms with Crippen LogP contribution in [0.1, 0.15) is 34.9 Å². The van der Waals surface area contributed by atoms with Crippen LogP contribution in [0, 0.1) is 0 Å². The number of amides is 1. The fraction of sp³-hybridized carbons (Fsp3) is 0.444. The summed E-state index contributed by atoms with van der Waals surface area (Å²) in [5, 5.41) is 10.0. The Balaban J connectivity index is 1.38. The van der Waals surface area contributed by atoms with Gasteiger partial charge in [-0.05, 0) is 50.2 Å². The molecule has 2 heterocycles. The topological polar surface area (TPSA) is 64.3 Å². The second-order valence-corrected chi connectivity index (χ2v) is 6.77. The molecule has 126 valence electrons. The van der Waals surface area contributed by atoms with E-state index in [1.807, 2.05) is 18.2 Å². The fourth-order valence-electron chi connectivity index (χ4n) is 3.07. The van der Waals surface area contributed by atoms with Crippen LogP contribution in [0.15, 0.2) is 30.3 Å². The monoisotopic (exact) mass is 325 g/mol. The third-order valence-corrected chi connectivity index (χ3v) is 4.84. The number of carbonyl (C=O) groups is 1. The van der Waals surface area contributed by atoms with Crippen LogP contribution in [0.2, 0.25) is 0 Å². The standard InChI is InChI=1S/C18H23N5O/c1-22-8-10-23(11-9-22)15-6-4-14(5-7-15)19-18(24)17-12-16(20-21-17)13-2-3-13/h4-7,12-13H,2-3,8-11H2,1H3,(H,19,24)(H,20,21). The molecule has 1 aromatic heterocycles. The Hall–Kier alpha value is -2.34. The summed E-state index contributed by atoms with van der Waals surface area (Å²) in [7, 11) is 2.15. The van der Waals surface area contributed by atoms with Crippen molar-refractivity contribution in [3.05, 3.63) is 41.7 Å². The van der Waals surface area contributed by atoms with E-state index in [0.29, 0.717) is 11.6 Å². The van der Waals surface area contributed by atoms with Gasteiger partial charge < -0.3 is 15.1 Å². The lowest BCUT2D eigenvalue weighted by Crippen LogP contribution is -2.44. The van der Waals surface area contributed by atoms with E-state index in [4.69, 9.17) is 0 Å². The lowest BCUT2D eigenvalue weighted by Gasteiger charge is -2.34. The number of hydrogen-bond acceptors (Lipinski definition) is 4. The first-order valence-corrected chi connectivity index (χ1v) is 8.59. The zero-order chi connectivity index (χ0) is 16.5. The average molecular weight is 325 g/mol. The Morgan fingerprint density at radius 2 is 1.88 bits per heavy atom. The molecule has 2 aromatic rings. The Bertz CT molecular complexity index is 711. The summed E-state index contributed by atoms with van der Waals surface area (Å²) in [5.41, 5.74) is 3.54. The quantitative estimate of drug-likeness (QED) is 0.905. The first-order chi connectivity index (χ1) is 11.7. The van der Waals surface area contributed by atoms with Crippen molar-refractivity contribution in [3.63, 3.8) is 0 Å². The molecule has 1 aliphatic carbocycles. The largest absolute Gasteiger partial charge is 0.369 e. The molecular weight excluding hydrogens is 302 g/mol. The lowest BCUT2D eigenvalue weighted by atomic mass is 10.2. The van der Waals surface area contributed by atoms with Gasteiger partial charge in [-0.25, -0.2) is 0 Å². The maximum atomic E-state index is 12.3. The summed E-state index contributed by atoms with van der Waals surface area (Å²) in [4.78, 5) is 17.0. The molecule has 0 unspecified atom stereocenters. The lowest BCUT2D eigenvalue weighted by molar-refractivity contribution is 0.102. The minimum atomic E-state index is -0.162. The van der Waals surface area contributed by atoms with Gasteiger partial charge in [0.1, 0.15) is 0 Å². The zero-order valence-corrected chi connectivity index (χ0v) is 14.0. The molecule has 6 nitrogen and oxygen atoms in total. The van der Waals surface area contributed by atoms with Gasteiger partial charge in [0.25, 0.3) is 5.91 Å². The van der Waals surface area contributed by atoms with Gasteiger partial charge in [0, 0.05) is 49.2 Å². The number of piperazine rings is 1. The number of aromatic amines is 1. The van der Waals surface area contributed by atoms with Gasteiger partial charge >= 0.3 is 0 Å². The number of benzene rings is 1. The van der Waals surface area contributed by atoms with E-state index in [1.165, 1.54) is 18.5 Å². The van der Waals surface area contributed by atoms with Gasteiger partial charge in [0.2, 0.25) is 0 Å². The second-order valence-electron chi connectivity index (χ2n) is 6.77. The highest BCUT2D eigenvalue weighted by atomic mass is 16.1. The highest BCUT2D eigenvalue weighted by Crippen LogP contribution is 2.39. The number of hydrogen-bond donors (Lipinski definition) is 2. The normalized spacial score (nSPS) is 18.6. The van der Waals surface area contributed by atoms with E-state index in [2.05, 4.69) is 44.5 Å². The molecule has 0 bridgehead atoms. The zero-order valence-electron chi connectivity index (χ0n) is 14.0. The molecule has 1 saturated heterocycles. The van der Waals surface area contributed by atoms with E-state index in [9.17, 15) is 4.79 Å². The molecule has 1 amide bonds. The number of H-pyrrole nitrogens is 1. The SMILES string of the molecule is CN1CCN(c2ccc(NC(=O)c3cc(C4CC4)[nH]n3)cc2)CC1. The third kappa shape index (κ3) is 3.28. The predicted molar refractivity (Wildman–Crippen MR) is 94.7 cm³/mol. The molecule has 0 radical (unpaired) electrons. The molecule has 2 aliphatic rings. The summed E-state index contributed by atoms with van der Waals surface area (Å²) >= 11 is 0. The Labute approximate surface area is 141 Å². The summed E-state index contributed by atoms with van der Waals surface area (Å²) < 4.78 is 0. The van der Waals surface area contributed by atoms with Crippen molar-refractivity contribution in [2.24, 2.45) is 0 Å². The molecule has 1 aliphatic heterocycles. The van der Waals surface area contributed by atoms with Crippen LogP contribution in [0.4, 0.5) is 11.4 Å². The molecule has 2 fully saturated rings. The average Bonchev–Trinajstić information content (AvgIpc) is 3.33. The third-order valence-electron chi connectivity index (χ3n) is 4.84. The fourth-order valence-corrected chi connectivity index (χ4v) is 3.07. The molecule has 1 aromatic carbocycles. The first-order valence-electron chi connectivity index (χ1n) is 8.59. The van der Waals surface area contributed by atoms with Gasteiger partial charge in [-0.15, -0.1) is 0 Å². The van der Waals surface area contributed by atoms with Gasteiger partial charge in [0.05, 0.1) is 0 Å². The van der Waals surface area contributed by atoms with Gasteiger partial charge in [-0.2, -0.15) is 5.10 Å². The number of likely N-dealkylation sites (N-methyl/N-ethyl adjacent to an activating group) is 1. The Morgan fingerprint density at radius 3 is 2.54 bits per heavy atom. The van der Waals surface area contributed by atoms with E-state index >= 15 is 0 Å². The van der Waals surface area contributed by atoms with Gasteiger partial charge in [-0.1, -0.05) is 0 Å². The van der Waals surface area contributed by atoms with Crippen molar-refractivity contribution >= 4 is 17.3 Å². The predicted octanol–water partition coefficient (Wildman–Crippen LogP) is 2.29. The minimum Gasteiger partial charge on any atom is -0.369 e. The van der Waals surface area contributed by atoms with Crippen molar-refractivity contribution in [3.8, 4) is 0 Å². The Morgan fingerprint density at radius 1 is 1.17 bits per heavy atom. The Kier molecular flexibility index (Phi) is 3.98. The van der Waals surface area contributed by atoms with Crippen LogP contribution in [0.25, 0.3) is 0 Å². The van der Waals surface area contributed by atoms with Crippen molar-refractivity contribution in [1.82, 2.24) is 15.1 Å². The molecule has 6 heteroatoms. The van der Waals surface area contributed by atoms with Crippen LogP contribution in [-0.2, 0) is 0 Å². The molecule has 4 rings (SSSR count). The summed E-state index contributed by atoms with van der Waals surface area (Å²) in [6.07, 6.45) is 2.38. The number of carbonyl (C=O) groups excluding carboxylic acids is 1. The van der Waals surface area contributed by atoms with Crippen LogP contribution in [-0.4, -0.2) is 54.2 Å². The van der Waals surface area contributed by atoms with E-state index in [1.54, 1.807) is 0 Å². The minimum absolute atomic E-state index is 0.162. The molecule has 24 heavy (non-hydrogen) atoms. The first kappa shape index (κ1) is 15.2. The molecule has 0 spiro atoms. The van der Waals surface area contributed by atoms with Crippen molar-refractivity contribution in [2.75, 3.05) is 43.4 Å². The number of rotatable bonds is 4. The van der Waals surface area contributed by atoms with E-state index < -0.39 is 0 Å². The number of nitrogens with one attached hydrogen (secondary N) is 2. The van der Waals surface area contributed by atoms with Crippen LogP contribution >= 0.6 is 0 Å². The molecule has 0 atom stereocenters. The summed E-state index contributed by atoms with van der Waals surface area (Å²) in [5.74, 6) is 0.410. The highest BCUT2D eigenvalue weighted by Gasteiger charge is 2.26. The molecule has 1 saturated carbocycles. The van der Waals surface area contributed by atoms with E-state index in [-0.39, 0.29) is 5.91 Å². The second kappa shape index (κ2) is 6.28. The van der Waals surface area contributed by atoms with Crippen molar-refractivity contribution in [2.45, 2.75) is 18.8 Å². The maximum Gasteiger partial charge on any atom is 0.276 e. The number of nitrogens with zero attached hydrogens (tertiary/aromatic N) is 3. The molecular formula is C18H23N5O. The van der Waals surface area contributed by atoms with E-state index in [0.717, 1.165) is 37.6 Å².